The van der Waals surface area contributed by atoms with Crippen molar-refractivity contribution >= 4 is 17.4 Å². The maximum atomic E-state index is 13.1. The minimum absolute atomic E-state index is 0.0375. The molecule has 8 nitrogen and oxygen atoms in total. The van der Waals surface area contributed by atoms with Gasteiger partial charge in [-0.25, -0.2) is 4.79 Å². The minimum Gasteiger partial charge on any atom is -0.484 e. The lowest BCUT2D eigenvalue weighted by Gasteiger charge is -2.39. The van der Waals surface area contributed by atoms with Crippen LogP contribution in [0, 0.1) is 0 Å². The topological polar surface area (TPSA) is 105 Å². The monoisotopic (exact) mass is 577 g/mol. The van der Waals surface area contributed by atoms with Gasteiger partial charge in [-0.1, -0.05) is 97.1 Å². The van der Waals surface area contributed by atoms with Gasteiger partial charge in [-0.2, -0.15) is 5.90 Å². The summed E-state index contributed by atoms with van der Waals surface area (Å²) < 4.78 is 5.92. The minimum atomic E-state index is -1.23. The Morgan fingerprint density at radius 3 is 1.95 bits per heavy atom. The second kappa shape index (κ2) is 13.8. The second-order valence-corrected chi connectivity index (χ2v) is 10.4. The largest absolute Gasteiger partial charge is 0.484 e. The predicted molar refractivity (Wildman–Crippen MR) is 166 cm³/mol. The molecule has 0 aliphatic carbocycles. The quantitative estimate of drug-likeness (QED) is 0.148. The molecule has 0 unspecified atom stereocenters. The van der Waals surface area contributed by atoms with E-state index in [0.29, 0.717) is 30.0 Å². The Hall–Kier alpha value is -4.92. The zero-order valence-electron chi connectivity index (χ0n) is 24.1. The third kappa shape index (κ3) is 7.12. The van der Waals surface area contributed by atoms with Gasteiger partial charge in [0.1, 0.15) is 5.75 Å². The number of ether oxygens (including phenoxy) is 1. The van der Waals surface area contributed by atoms with Gasteiger partial charge in [-0.3, -0.25) is 9.69 Å². The third-order valence-electron chi connectivity index (χ3n) is 7.76. The zero-order chi connectivity index (χ0) is 30.2. The molecule has 0 radical (unpaired) electrons. The molecule has 5 rings (SSSR count). The summed E-state index contributed by atoms with van der Waals surface area (Å²) in [7, 11) is 0. The maximum Gasteiger partial charge on any atom is 0.374 e. The van der Waals surface area contributed by atoms with Gasteiger partial charge >= 0.3 is 5.97 Å². The van der Waals surface area contributed by atoms with Gasteiger partial charge < -0.3 is 19.6 Å². The number of aliphatic carboxylic acids is 1. The molecule has 1 aliphatic heterocycles. The van der Waals surface area contributed by atoms with Crippen molar-refractivity contribution in [2.24, 2.45) is 5.90 Å². The fraction of sp³-hybridized carbons (Fsp3) is 0.200. The first kappa shape index (κ1) is 29.6. The molecule has 4 aromatic carbocycles. The Kier molecular flexibility index (Phi) is 9.51. The summed E-state index contributed by atoms with van der Waals surface area (Å²) in [6.45, 7) is 4.41. The van der Waals surface area contributed by atoms with E-state index in [1.807, 2.05) is 65.6 Å². The second-order valence-electron chi connectivity index (χ2n) is 10.4. The smallest absolute Gasteiger partial charge is 0.374 e. The van der Waals surface area contributed by atoms with E-state index in [0.717, 1.165) is 24.2 Å². The molecule has 1 aliphatic rings. The molecule has 0 bridgehead atoms. The summed E-state index contributed by atoms with van der Waals surface area (Å²) in [5, 5.41) is 9.25. The lowest BCUT2D eigenvalue weighted by atomic mass is 9.96. The van der Waals surface area contributed by atoms with E-state index in [4.69, 9.17) is 10.6 Å². The molecule has 0 saturated carbocycles. The van der Waals surface area contributed by atoms with Gasteiger partial charge in [0.05, 0.1) is 6.04 Å². The van der Waals surface area contributed by atoms with Crippen molar-refractivity contribution in [1.82, 2.24) is 9.80 Å². The van der Waals surface area contributed by atoms with E-state index in [9.17, 15) is 14.7 Å². The number of carboxylic acids is 1. The summed E-state index contributed by atoms with van der Waals surface area (Å²) in [6.07, 6.45) is 0. The number of carbonyl (C=O) groups is 2. The Balaban J connectivity index is 1.19. The fourth-order valence-electron chi connectivity index (χ4n) is 5.46. The lowest BCUT2D eigenvalue weighted by Crippen LogP contribution is -2.51. The van der Waals surface area contributed by atoms with Gasteiger partial charge in [-0.05, 0) is 46.9 Å². The summed E-state index contributed by atoms with van der Waals surface area (Å²) in [4.78, 5) is 33.3. The molecule has 1 amide bonds. The van der Waals surface area contributed by atoms with E-state index in [-0.39, 0.29) is 24.3 Å². The van der Waals surface area contributed by atoms with Crippen molar-refractivity contribution in [3.63, 3.8) is 0 Å². The van der Waals surface area contributed by atoms with Gasteiger partial charge in [0.15, 0.2) is 6.61 Å². The Bertz CT molecular complexity index is 1520. The number of nitrogens with zero attached hydrogens (tertiary/aromatic N) is 2. The molecule has 43 heavy (non-hydrogen) atoms. The Morgan fingerprint density at radius 1 is 0.791 bits per heavy atom. The Labute approximate surface area is 251 Å². The van der Waals surface area contributed by atoms with E-state index >= 15 is 0 Å². The number of allylic oxidation sites excluding steroid dienone is 1. The predicted octanol–water partition coefficient (Wildman–Crippen LogP) is 5.37. The van der Waals surface area contributed by atoms with Crippen LogP contribution in [0.1, 0.15) is 29.7 Å². The summed E-state index contributed by atoms with van der Waals surface area (Å²) >= 11 is 0. The standard InChI is InChI=1S/C35H35N3O5/c1-25(34(43-36)35(40)41)26-15-17-27(18-16-26)30-13-8-14-31(23-30)42-24-32(39)37-19-21-38(22-20-37)33(28-9-4-2-5-10-28)29-11-6-3-7-12-29/h2-18,23,33H,19-22,24,36H2,1H3,(H,40,41). The number of rotatable bonds is 10. The highest BCUT2D eigenvalue weighted by atomic mass is 16.6. The van der Waals surface area contributed by atoms with Crippen molar-refractivity contribution in [3.05, 3.63) is 132 Å². The molecule has 1 saturated heterocycles. The molecule has 0 spiro atoms. The van der Waals surface area contributed by atoms with Gasteiger partial charge in [0.2, 0.25) is 5.76 Å². The molecule has 8 heteroatoms. The highest BCUT2D eigenvalue weighted by Crippen LogP contribution is 2.30. The molecule has 3 N–H and O–H groups in total. The molecular weight excluding hydrogens is 542 g/mol. The third-order valence-corrected chi connectivity index (χ3v) is 7.76. The number of hydrogen-bond donors (Lipinski definition) is 2. The highest BCUT2D eigenvalue weighted by Gasteiger charge is 2.28. The van der Waals surface area contributed by atoms with Crippen molar-refractivity contribution < 1.29 is 24.3 Å². The van der Waals surface area contributed by atoms with Crippen LogP contribution in [0.15, 0.2) is 115 Å². The number of amides is 1. The van der Waals surface area contributed by atoms with Gasteiger partial charge in [0, 0.05) is 31.8 Å². The molecule has 4 aromatic rings. The first-order valence-corrected chi connectivity index (χ1v) is 14.2. The van der Waals surface area contributed by atoms with Crippen LogP contribution in [0.25, 0.3) is 16.7 Å². The van der Waals surface area contributed by atoms with Crippen molar-refractivity contribution in [2.75, 3.05) is 32.8 Å². The SMILES string of the molecule is CC(=C(ON)C(=O)O)c1ccc(-c2cccc(OCC(=O)N3CCN(C(c4ccccc4)c4ccccc4)CC3)c2)cc1. The number of benzene rings is 4. The van der Waals surface area contributed by atoms with Crippen LogP contribution in [-0.4, -0.2) is 59.6 Å². The number of nitrogens with two attached hydrogens (primary N) is 1. The van der Waals surface area contributed by atoms with Crippen LogP contribution in [-0.2, 0) is 14.4 Å². The van der Waals surface area contributed by atoms with Crippen LogP contribution < -0.4 is 10.6 Å². The van der Waals surface area contributed by atoms with E-state index < -0.39 is 5.97 Å². The Morgan fingerprint density at radius 2 is 1.40 bits per heavy atom. The van der Waals surface area contributed by atoms with Crippen molar-refractivity contribution in [1.29, 1.82) is 0 Å². The summed E-state index contributed by atoms with van der Waals surface area (Å²) in [6, 6.07) is 36.1. The number of carbonyl (C=O) groups excluding carboxylic acids is 1. The van der Waals surface area contributed by atoms with Gasteiger partial charge in [0.25, 0.3) is 5.91 Å². The first-order valence-electron chi connectivity index (χ1n) is 14.2. The first-order chi connectivity index (χ1) is 20.9. The molecule has 1 fully saturated rings. The fourth-order valence-corrected chi connectivity index (χ4v) is 5.46. The molecule has 0 aromatic heterocycles. The molecule has 0 atom stereocenters. The van der Waals surface area contributed by atoms with Crippen LogP contribution in [0.4, 0.5) is 0 Å². The average Bonchev–Trinajstić information content (AvgIpc) is 3.05. The normalized spacial score (nSPS) is 14.3. The van der Waals surface area contributed by atoms with Crippen molar-refractivity contribution in [3.8, 4) is 16.9 Å². The maximum absolute atomic E-state index is 13.1. The van der Waals surface area contributed by atoms with Crippen LogP contribution in [0.2, 0.25) is 0 Å². The molecular formula is C35H35N3O5. The number of carboxylic acid groups (broad SMARTS) is 1. The van der Waals surface area contributed by atoms with Crippen LogP contribution >= 0.6 is 0 Å². The van der Waals surface area contributed by atoms with Gasteiger partial charge in [-0.15, -0.1) is 0 Å². The van der Waals surface area contributed by atoms with E-state index in [2.05, 4.69) is 58.3 Å². The van der Waals surface area contributed by atoms with E-state index in [1.165, 1.54) is 11.1 Å². The molecule has 220 valence electrons. The number of hydrogen-bond acceptors (Lipinski definition) is 6. The van der Waals surface area contributed by atoms with Crippen molar-refractivity contribution in [2.45, 2.75) is 13.0 Å². The molecule has 1 heterocycles. The zero-order valence-corrected chi connectivity index (χ0v) is 24.1. The summed E-state index contributed by atoms with van der Waals surface area (Å²) in [5.74, 6) is 4.16. The number of piperazine rings is 1. The highest BCUT2D eigenvalue weighted by molar-refractivity contribution is 5.93. The summed E-state index contributed by atoms with van der Waals surface area (Å²) in [5.41, 5.74) is 5.42. The average molecular weight is 578 g/mol. The van der Waals surface area contributed by atoms with Crippen LogP contribution in [0.3, 0.4) is 0 Å². The lowest BCUT2D eigenvalue weighted by molar-refractivity contribution is -0.137. The van der Waals surface area contributed by atoms with E-state index in [1.54, 1.807) is 6.92 Å². The van der Waals surface area contributed by atoms with Crippen LogP contribution in [0.5, 0.6) is 5.75 Å².